The monoisotopic (exact) mass is 287 g/mol. The largest absolute Gasteiger partial charge is 0.465 e. The molecule has 0 aliphatic carbocycles. The van der Waals surface area contributed by atoms with E-state index in [1.165, 1.54) is 23.1 Å². The highest BCUT2D eigenvalue weighted by Gasteiger charge is 2.10. The molecule has 0 aliphatic rings. The van der Waals surface area contributed by atoms with Crippen LogP contribution in [-0.4, -0.2) is 13.1 Å². The highest BCUT2D eigenvalue weighted by atomic mass is 32.2. The van der Waals surface area contributed by atoms with Gasteiger partial charge in [0.25, 0.3) is 0 Å². The first-order chi connectivity index (χ1) is 9.51. The summed E-state index contributed by atoms with van der Waals surface area (Å²) in [6, 6.07) is 11.6. The number of methoxy groups -OCH3 is 1. The van der Waals surface area contributed by atoms with E-state index in [0.29, 0.717) is 11.3 Å². The maximum absolute atomic E-state index is 11.4. The van der Waals surface area contributed by atoms with Gasteiger partial charge in [-0.1, -0.05) is 23.9 Å². The molecule has 0 aliphatic heterocycles. The number of aryl methyl sites for hydroxylation is 2. The van der Waals surface area contributed by atoms with Gasteiger partial charge in [-0.3, -0.25) is 0 Å². The highest BCUT2D eigenvalue weighted by Crippen LogP contribution is 2.34. The molecule has 20 heavy (non-hydrogen) atoms. The molecule has 0 saturated heterocycles. The molecule has 4 heteroatoms. The number of hydrogen-bond acceptors (Lipinski definition) is 4. The molecule has 2 aromatic carbocycles. The normalized spacial score (nSPS) is 10.3. The van der Waals surface area contributed by atoms with Crippen LogP contribution in [0.1, 0.15) is 21.5 Å². The van der Waals surface area contributed by atoms with Crippen molar-refractivity contribution in [2.75, 3.05) is 12.8 Å². The minimum atomic E-state index is -0.375. The van der Waals surface area contributed by atoms with Gasteiger partial charge in [0, 0.05) is 15.5 Å². The summed E-state index contributed by atoms with van der Waals surface area (Å²) in [5.74, 6) is -0.375. The van der Waals surface area contributed by atoms with E-state index in [0.717, 1.165) is 4.90 Å². The molecule has 0 aromatic heterocycles. The Morgan fingerprint density at radius 2 is 1.85 bits per heavy atom. The average Bonchev–Trinajstić information content (AvgIpc) is 2.44. The summed E-state index contributed by atoms with van der Waals surface area (Å²) < 4.78 is 4.68. The zero-order valence-electron chi connectivity index (χ0n) is 11.8. The number of ether oxygens (including phenoxy) is 1. The van der Waals surface area contributed by atoms with Crippen molar-refractivity contribution in [2.24, 2.45) is 0 Å². The Kier molecular flexibility index (Phi) is 4.35. The first-order valence-corrected chi connectivity index (χ1v) is 7.06. The standard InChI is InChI=1S/C16H17NO2S/c1-10-4-5-11(2)15(8-10)20-14-7-6-12(9-13(14)17)16(18)19-3/h4-9H,17H2,1-3H3. The van der Waals surface area contributed by atoms with Crippen molar-refractivity contribution in [3.05, 3.63) is 53.1 Å². The Bertz CT molecular complexity index is 653. The lowest BCUT2D eigenvalue weighted by atomic mass is 10.2. The molecule has 0 bridgehead atoms. The molecule has 0 heterocycles. The predicted octanol–water partition coefficient (Wildman–Crippen LogP) is 3.82. The Morgan fingerprint density at radius 3 is 2.50 bits per heavy atom. The second kappa shape index (κ2) is 6.01. The Morgan fingerprint density at radius 1 is 1.10 bits per heavy atom. The van der Waals surface area contributed by atoms with Crippen LogP contribution < -0.4 is 5.73 Å². The zero-order chi connectivity index (χ0) is 14.7. The van der Waals surface area contributed by atoms with E-state index in [-0.39, 0.29) is 5.97 Å². The van der Waals surface area contributed by atoms with Crippen molar-refractivity contribution in [3.8, 4) is 0 Å². The molecule has 0 fully saturated rings. The number of esters is 1. The molecule has 0 saturated carbocycles. The molecule has 0 spiro atoms. The number of anilines is 1. The van der Waals surface area contributed by atoms with Crippen LogP contribution in [0.25, 0.3) is 0 Å². The van der Waals surface area contributed by atoms with Crippen LogP contribution in [-0.2, 0) is 4.74 Å². The third-order valence-electron chi connectivity index (χ3n) is 2.99. The van der Waals surface area contributed by atoms with Gasteiger partial charge in [0.2, 0.25) is 0 Å². The second-order valence-electron chi connectivity index (χ2n) is 4.62. The molecule has 104 valence electrons. The predicted molar refractivity (Wildman–Crippen MR) is 82.2 cm³/mol. The second-order valence-corrected chi connectivity index (χ2v) is 5.70. The zero-order valence-corrected chi connectivity index (χ0v) is 12.6. The molecular weight excluding hydrogens is 270 g/mol. The molecule has 3 nitrogen and oxygen atoms in total. The first kappa shape index (κ1) is 14.5. The fraction of sp³-hybridized carbons (Fsp3) is 0.188. The first-order valence-electron chi connectivity index (χ1n) is 6.24. The minimum absolute atomic E-state index is 0.375. The van der Waals surface area contributed by atoms with Gasteiger partial charge in [0.1, 0.15) is 0 Å². The quantitative estimate of drug-likeness (QED) is 0.688. The Balaban J connectivity index is 2.30. The van der Waals surface area contributed by atoms with Crippen molar-refractivity contribution in [2.45, 2.75) is 23.6 Å². The third kappa shape index (κ3) is 3.14. The number of carbonyl (C=O) groups excluding carboxylic acids is 1. The summed E-state index contributed by atoms with van der Waals surface area (Å²) in [5.41, 5.74) is 9.49. The smallest absolute Gasteiger partial charge is 0.337 e. The summed E-state index contributed by atoms with van der Waals surface area (Å²) in [5, 5.41) is 0. The molecule has 2 aromatic rings. The summed E-state index contributed by atoms with van der Waals surface area (Å²) >= 11 is 1.61. The third-order valence-corrected chi connectivity index (χ3v) is 4.25. The van der Waals surface area contributed by atoms with Crippen molar-refractivity contribution in [3.63, 3.8) is 0 Å². The summed E-state index contributed by atoms with van der Waals surface area (Å²) in [6.45, 7) is 4.13. The lowest BCUT2D eigenvalue weighted by molar-refractivity contribution is 0.0600. The number of benzene rings is 2. The maximum Gasteiger partial charge on any atom is 0.337 e. The molecule has 2 N–H and O–H groups in total. The van der Waals surface area contributed by atoms with Crippen LogP contribution in [0, 0.1) is 13.8 Å². The minimum Gasteiger partial charge on any atom is -0.465 e. The van der Waals surface area contributed by atoms with E-state index < -0.39 is 0 Å². The van der Waals surface area contributed by atoms with E-state index in [4.69, 9.17) is 5.73 Å². The fourth-order valence-electron chi connectivity index (χ4n) is 1.82. The van der Waals surface area contributed by atoms with Crippen molar-refractivity contribution in [1.82, 2.24) is 0 Å². The van der Waals surface area contributed by atoms with Gasteiger partial charge < -0.3 is 10.5 Å². The maximum atomic E-state index is 11.4. The average molecular weight is 287 g/mol. The van der Waals surface area contributed by atoms with E-state index in [1.807, 2.05) is 6.07 Å². The summed E-state index contributed by atoms with van der Waals surface area (Å²) in [4.78, 5) is 13.6. The van der Waals surface area contributed by atoms with Crippen LogP contribution in [0.5, 0.6) is 0 Å². The van der Waals surface area contributed by atoms with Gasteiger partial charge in [-0.05, 0) is 49.2 Å². The van der Waals surface area contributed by atoms with Crippen LogP contribution in [0.4, 0.5) is 5.69 Å². The van der Waals surface area contributed by atoms with Crippen LogP contribution in [0.15, 0.2) is 46.2 Å². The Hall–Kier alpha value is -1.94. The molecular formula is C16H17NO2S. The van der Waals surface area contributed by atoms with Gasteiger partial charge in [0.15, 0.2) is 0 Å². The van der Waals surface area contributed by atoms with Crippen LogP contribution in [0.2, 0.25) is 0 Å². The summed E-state index contributed by atoms with van der Waals surface area (Å²) in [6.07, 6.45) is 0. The van der Waals surface area contributed by atoms with Gasteiger partial charge in [-0.15, -0.1) is 0 Å². The van der Waals surface area contributed by atoms with Gasteiger partial charge in [0.05, 0.1) is 12.7 Å². The van der Waals surface area contributed by atoms with Crippen LogP contribution >= 0.6 is 11.8 Å². The van der Waals surface area contributed by atoms with Crippen molar-refractivity contribution in [1.29, 1.82) is 0 Å². The van der Waals surface area contributed by atoms with Crippen molar-refractivity contribution < 1.29 is 9.53 Å². The molecule has 0 unspecified atom stereocenters. The van der Waals surface area contributed by atoms with Gasteiger partial charge in [-0.25, -0.2) is 4.79 Å². The number of nitrogen functional groups attached to an aromatic ring is 1. The van der Waals surface area contributed by atoms with E-state index in [1.54, 1.807) is 23.9 Å². The highest BCUT2D eigenvalue weighted by molar-refractivity contribution is 7.99. The topological polar surface area (TPSA) is 52.3 Å². The fourth-order valence-corrected chi connectivity index (χ4v) is 2.85. The lowest BCUT2D eigenvalue weighted by Crippen LogP contribution is -2.02. The van der Waals surface area contributed by atoms with Crippen molar-refractivity contribution >= 4 is 23.4 Å². The lowest BCUT2D eigenvalue weighted by Gasteiger charge is -2.10. The SMILES string of the molecule is COC(=O)c1ccc(Sc2cc(C)ccc2C)c(N)c1. The molecule has 0 atom stereocenters. The number of carbonyl (C=O) groups is 1. The number of hydrogen-bond donors (Lipinski definition) is 1. The van der Waals surface area contributed by atoms with E-state index in [9.17, 15) is 4.79 Å². The van der Waals surface area contributed by atoms with E-state index in [2.05, 4.69) is 36.8 Å². The summed E-state index contributed by atoms with van der Waals surface area (Å²) in [7, 11) is 1.36. The molecule has 0 radical (unpaired) electrons. The molecule has 2 rings (SSSR count). The number of nitrogens with two attached hydrogens (primary N) is 1. The number of rotatable bonds is 3. The van der Waals surface area contributed by atoms with Gasteiger partial charge in [-0.2, -0.15) is 0 Å². The molecule has 0 amide bonds. The van der Waals surface area contributed by atoms with E-state index >= 15 is 0 Å². The van der Waals surface area contributed by atoms with Gasteiger partial charge >= 0.3 is 5.97 Å². The van der Waals surface area contributed by atoms with Crippen LogP contribution in [0.3, 0.4) is 0 Å². The Labute approximate surface area is 123 Å².